The molecule has 1 amide bonds. The van der Waals surface area contributed by atoms with Crippen molar-refractivity contribution in [3.8, 4) is 5.75 Å². The summed E-state index contributed by atoms with van der Waals surface area (Å²) in [5.74, 6) is 0.329. The van der Waals surface area contributed by atoms with Gasteiger partial charge in [-0.05, 0) is 55.3 Å². The molecule has 0 aliphatic carbocycles. The van der Waals surface area contributed by atoms with E-state index in [-0.39, 0.29) is 5.91 Å². The van der Waals surface area contributed by atoms with Gasteiger partial charge >= 0.3 is 0 Å². The van der Waals surface area contributed by atoms with E-state index in [1.165, 1.54) is 0 Å². The third-order valence-corrected chi connectivity index (χ3v) is 3.70. The minimum absolute atomic E-state index is 0.205. The molecule has 23 heavy (non-hydrogen) atoms. The molecular weight excluding hydrogens is 358 g/mol. The van der Waals surface area contributed by atoms with Crippen LogP contribution in [0.4, 0.5) is 5.69 Å². The molecule has 0 atom stereocenters. The van der Waals surface area contributed by atoms with Gasteiger partial charge in [-0.25, -0.2) is 0 Å². The first-order chi connectivity index (χ1) is 11.0. The highest BCUT2D eigenvalue weighted by Crippen LogP contribution is 2.25. The Labute approximate surface area is 144 Å². The van der Waals surface area contributed by atoms with Crippen LogP contribution in [0, 0.1) is 13.8 Å². The van der Waals surface area contributed by atoms with Gasteiger partial charge in [0, 0.05) is 17.3 Å². The predicted octanol–water partition coefficient (Wildman–Crippen LogP) is 4.34. The molecule has 0 spiro atoms. The number of benzene rings is 2. The standard InChI is InChI=1S/C18H20BrNO3/c1-12-8-13(2)10-15(9-12)20-18(21)16-11-14(19)4-5-17(16)23-7-6-22-3/h4-5,8-11H,6-7H2,1-3H3,(H,20,21). The van der Waals surface area contributed by atoms with Crippen LogP contribution in [0.15, 0.2) is 40.9 Å². The van der Waals surface area contributed by atoms with Crippen molar-refractivity contribution in [1.29, 1.82) is 0 Å². The zero-order valence-electron chi connectivity index (χ0n) is 13.5. The number of halogens is 1. The SMILES string of the molecule is COCCOc1ccc(Br)cc1C(=O)Nc1cc(C)cc(C)c1. The Morgan fingerprint density at radius 3 is 2.43 bits per heavy atom. The number of aryl methyl sites for hydroxylation is 2. The lowest BCUT2D eigenvalue weighted by atomic mass is 10.1. The number of ether oxygens (including phenoxy) is 2. The molecule has 2 rings (SSSR count). The molecule has 0 saturated heterocycles. The minimum atomic E-state index is -0.205. The highest BCUT2D eigenvalue weighted by molar-refractivity contribution is 9.10. The summed E-state index contributed by atoms with van der Waals surface area (Å²) in [6.45, 7) is 4.86. The van der Waals surface area contributed by atoms with Crippen LogP contribution < -0.4 is 10.1 Å². The van der Waals surface area contributed by atoms with E-state index in [1.54, 1.807) is 19.2 Å². The maximum absolute atomic E-state index is 12.6. The van der Waals surface area contributed by atoms with Crippen LogP contribution in [-0.2, 0) is 4.74 Å². The molecule has 0 saturated carbocycles. The molecular formula is C18H20BrNO3. The first-order valence-corrected chi connectivity index (χ1v) is 8.10. The fraction of sp³-hybridized carbons (Fsp3) is 0.278. The lowest BCUT2D eigenvalue weighted by molar-refractivity contribution is 0.101. The quantitative estimate of drug-likeness (QED) is 0.761. The van der Waals surface area contributed by atoms with E-state index in [9.17, 15) is 4.79 Å². The number of rotatable bonds is 6. The van der Waals surface area contributed by atoms with E-state index < -0.39 is 0 Å². The van der Waals surface area contributed by atoms with Gasteiger partial charge in [-0.1, -0.05) is 22.0 Å². The predicted molar refractivity (Wildman–Crippen MR) is 95.4 cm³/mol. The van der Waals surface area contributed by atoms with Crippen LogP contribution in [0.25, 0.3) is 0 Å². The van der Waals surface area contributed by atoms with Crippen molar-refractivity contribution < 1.29 is 14.3 Å². The first-order valence-electron chi connectivity index (χ1n) is 7.30. The number of carbonyl (C=O) groups is 1. The zero-order chi connectivity index (χ0) is 16.8. The van der Waals surface area contributed by atoms with E-state index >= 15 is 0 Å². The summed E-state index contributed by atoms with van der Waals surface area (Å²) in [6.07, 6.45) is 0. The highest BCUT2D eigenvalue weighted by atomic mass is 79.9. The molecule has 4 nitrogen and oxygen atoms in total. The van der Waals surface area contributed by atoms with Crippen LogP contribution >= 0.6 is 15.9 Å². The number of hydrogen-bond acceptors (Lipinski definition) is 3. The average molecular weight is 378 g/mol. The molecule has 0 radical (unpaired) electrons. The van der Waals surface area contributed by atoms with E-state index in [0.29, 0.717) is 24.5 Å². The third-order valence-electron chi connectivity index (χ3n) is 3.21. The van der Waals surface area contributed by atoms with E-state index in [4.69, 9.17) is 9.47 Å². The summed E-state index contributed by atoms with van der Waals surface area (Å²) < 4.78 is 11.4. The van der Waals surface area contributed by atoms with Gasteiger partial charge in [0.15, 0.2) is 0 Å². The fourth-order valence-corrected chi connectivity index (χ4v) is 2.65. The summed E-state index contributed by atoms with van der Waals surface area (Å²) in [6, 6.07) is 11.3. The molecule has 0 aliphatic heterocycles. The number of nitrogens with one attached hydrogen (secondary N) is 1. The number of methoxy groups -OCH3 is 1. The van der Waals surface area contributed by atoms with Crippen molar-refractivity contribution >= 4 is 27.5 Å². The molecule has 122 valence electrons. The summed E-state index contributed by atoms with van der Waals surface area (Å²) in [4.78, 5) is 12.6. The highest BCUT2D eigenvalue weighted by Gasteiger charge is 2.14. The van der Waals surface area contributed by atoms with Gasteiger partial charge < -0.3 is 14.8 Å². The van der Waals surface area contributed by atoms with E-state index in [0.717, 1.165) is 21.3 Å². The van der Waals surface area contributed by atoms with Gasteiger partial charge in [0.1, 0.15) is 12.4 Å². The van der Waals surface area contributed by atoms with Crippen LogP contribution in [-0.4, -0.2) is 26.2 Å². The third kappa shape index (κ3) is 5.08. The second-order valence-corrected chi connectivity index (χ2v) is 6.23. The van der Waals surface area contributed by atoms with Crippen molar-refractivity contribution in [2.24, 2.45) is 0 Å². The molecule has 1 N–H and O–H groups in total. The molecule has 0 heterocycles. The first kappa shape index (κ1) is 17.5. The van der Waals surface area contributed by atoms with Gasteiger partial charge in [-0.2, -0.15) is 0 Å². The van der Waals surface area contributed by atoms with E-state index in [2.05, 4.69) is 27.3 Å². The number of hydrogen-bond donors (Lipinski definition) is 1. The Morgan fingerprint density at radius 2 is 1.78 bits per heavy atom. The lowest BCUT2D eigenvalue weighted by Gasteiger charge is -2.13. The molecule has 0 unspecified atom stereocenters. The lowest BCUT2D eigenvalue weighted by Crippen LogP contribution is -2.15. The van der Waals surface area contributed by atoms with Crippen LogP contribution in [0.1, 0.15) is 21.5 Å². The van der Waals surface area contributed by atoms with Crippen molar-refractivity contribution in [1.82, 2.24) is 0 Å². The molecule has 0 aromatic heterocycles. The minimum Gasteiger partial charge on any atom is -0.490 e. The molecule has 5 heteroatoms. The van der Waals surface area contributed by atoms with Crippen molar-refractivity contribution in [3.05, 3.63) is 57.6 Å². The van der Waals surface area contributed by atoms with Crippen molar-refractivity contribution in [2.45, 2.75) is 13.8 Å². The van der Waals surface area contributed by atoms with Crippen LogP contribution in [0.3, 0.4) is 0 Å². The smallest absolute Gasteiger partial charge is 0.259 e. The number of carbonyl (C=O) groups excluding carboxylic acids is 1. The monoisotopic (exact) mass is 377 g/mol. The molecule has 2 aromatic rings. The normalized spacial score (nSPS) is 10.4. The Morgan fingerprint density at radius 1 is 1.09 bits per heavy atom. The Kier molecular flexibility index (Phi) is 6.19. The number of anilines is 1. The Bertz CT molecular complexity index is 680. The van der Waals surface area contributed by atoms with Gasteiger partial charge in [0.05, 0.1) is 12.2 Å². The fourth-order valence-electron chi connectivity index (χ4n) is 2.29. The summed E-state index contributed by atoms with van der Waals surface area (Å²) in [5.41, 5.74) is 3.46. The zero-order valence-corrected chi connectivity index (χ0v) is 15.1. The van der Waals surface area contributed by atoms with Crippen LogP contribution in [0.5, 0.6) is 5.75 Å². The van der Waals surface area contributed by atoms with Crippen molar-refractivity contribution in [2.75, 3.05) is 25.6 Å². The second kappa shape index (κ2) is 8.13. The Balaban J connectivity index is 2.21. The molecule has 0 aliphatic rings. The van der Waals surface area contributed by atoms with Gasteiger partial charge in [0.25, 0.3) is 5.91 Å². The Hall–Kier alpha value is -1.85. The van der Waals surface area contributed by atoms with Crippen molar-refractivity contribution in [3.63, 3.8) is 0 Å². The molecule has 0 fully saturated rings. The molecule has 0 bridgehead atoms. The topological polar surface area (TPSA) is 47.6 Å². The second-order valence-electron chi connectivity index (χ2n) is 5.31. The largest absolute Gasteiger partial charge is 0.490 e. The number of amides is 1. The molecule has 2 aromatic carbocycles. The maximum atomic E-state index is 12.6. The maximum Gasteiger partial charge on any atom is 0.259 e. The van der Waals surface area contributed by atoms with Crippen LogP contribution in [0.2, 0.25) is 0 Å². The van der Waals surface area contributed by atoms with Gasteiger partial charge in [-0.15, -0.1) is 0 Å². The van der Waals surface area contributed by atoms with Gasteiger partial charge in [-0.3, -0.25) is 4.79 Å². The summed E-state index contributed by atoms with van der Waals surface area (Å²) >= 11 is 3.39. The van der Waals surface area contributed by atoms with E-state index in [1.807, 2.05) is 32.0 Å². The van der Waals surface area contributed by atoms with Gasteiger partial charge in [0.2, 0.25) is 0 Å². The summed E-state index contributed by atoms with van der Waals surface area (Å²) in [7, 11) is 1.61. The average Bonchev–Trinajstić information content (AvgIpc) is 2.47. The summed E-state index contributed by atoms with van der Waals surface area (Å²) in [5, 5.41) is 2.93.